The molecule has 0 fully saturated rings. The standard InChI is InChI=1S/C23H15ClN2O5/c24-17-4-2-1-3-15(17)22-16-11-19-20(31-10-9-30-19)12-18(16)25-23(27)21(22)13-5-7-14(8-6-13)26(28)29/h1-8,11-12H,9-10H2,(H,25,27). The monoisotopic (exact) mass is 434 g/mol. The number of H-pyrrole nitrogens is 1. The topological polar surface area (TPSA) is 94.5 Å². The van der Waals surface area contributed by atoms with Crippen molar-refractivity contribution in [2.45, 2.75) is 0 Å². The molecule has 0 saturated carbocycles. The Morgan fingerprint density at radius 1 is 0.935 bits per heavy atom. The predicted molar refractivity (Wildman–Crippen MR) is 118 cm³/mol. The Hall–Kier alpha value is -3.84. The Kier molecular flexibility index (Phi) is 4.60. The Labute approximate surface area is 181 Å². The van der Waals surface area contributed by atoms with E-state index >= 15 is 0 Å². The Morgan fingerprint density at radius 2 is 1.61 bits per heavy atom. The molecule has 0 amide bonds. The first-order valence-electron chi connectivity index (χ1n) is 9.52. The number of halogens is 1. The average molecular weight is 435 g/mol. The van der Waals surface area contributed by atoms with Crippen LogP contribution in [-0.2, 0) is 0 Å². The lowest BCUT2D eigenvalue weighted by atomic mass is 9.92. The van der Waals surface area contributed by atoms with Crippen molar-refractivity contribution in [3.63, 3.8) is 0 Å². The molecule has 0 atom stereocenters. The summed E-state index contributed by atoms with van der Waals surface area (Å²) < 4.78 is 11.4. The Balaban J connectivity index is 1.87. The molecule has 4 aromatic rings. The molecule has 3 aromatic carbocycles. The number of fused-ring (bicyclic) bond motifs is 2. The molecule has 154 valence electrons. The number of aromatic nitrogens is 1. The van der Waals surface area contributed by atoms with Crippen LogP contribution in [0.15, 0.2) is 65.5 Å². The highest BCUT2D eigenvalue weighted by atomic mass is 35.5. The van der Waals surface area contributed by atoms with E-state index in [0.29, 0.717) is 57.5 Å². The van der Waals surface area contributed by atoms with Crippen LogP contribution in [0.2, 0.25) is 5.02 Å². The number of nitro groups is 1. The van der Waals surface area contributed by atoms with Gasteiger partial charge in [0, 0.05) is 39.7 Å². The smallest absolute Gasteiger partial charge is 0.269 e. The van der Waals surface area contributed by atoms with Gasteiger partial charge in [0.1, 0.15) is 13.2 Å². The van der Waals surface area contributed by atoms with Crippen LogP contribution in [0.1, 0.15) is 0 Å². The summed E-state index contributed by atoms with van der Waals surface area (Å²) in [7, 11) is 0. The molecule has 0 aliphatic carbocycles. The molecule has 0 unspecified atom stereocenters. The summed E-state index contributed by atoms with van der Waals surface area (Å²) in [5.74, 6) is 1.14. The number of ether oxygens (including phenoxy) is 2. The predicted octanol–water partition coefficient (Wildman–Crippen LogP) is 5.19. The van der Waals surface area contributed by atoms with Gasteiger partial charge in [0.25, 0.3) is 11.2 Å². The van der Waals surface area contributed by atoms with Gasteiger partial charge in [-0.25, -0.2) is 0 Å². The van der Waals surface area contributed by atoms with Gasteiger partial charge >= 0.3 is 0 Å². The molecule has 2 heterocycles. The van der Waals surface area contributed by atoms with Gasteiger partial charge in [-0.2, -0.15) is 0 Å². The summed E-state index contributed by atoms with van der Waals surface area (Å²) in [6.45, 7) is 0.861. The van der Waals surface area contributed by atoms with Crippen molar-refractivity contribution in [1.29, 1.82) is 0 Å². The second-order valence-corrected chi connectivity index (χ2v) is 7.44. The highest BCUT2D eigenvalue weighted by Gasteiger charge is 2.22. The van der Waals surface area contributed by atoms with E-state index in [-0.39, 0.29) is 11.2 Å². The Bertz CT molecular complexity index is 1400. The van der Waals surface area contributed by atoms with E-state index in [0.717, 1.165) is 5.39 Å². The third-order valence-corrected chi connectivity index (χ3v) is 5.52. The van der Waals surface area contributed by atoms with Crippen LogP contribution in [-0.4, -0.2) is 23.1 Å². The van der Waals surface area contributed by atoms with Crippen molar-refractivity contribution in [2.24, 2.45) is 0 Å². The lowest BCUT2D eigenvalue weighted by Crippen LogP contribution is -2.16. The third-order valence-electron chi connectivity index (χ3n) is 5.19. The number of benzene rings is 3. The summed E-state index contributed by atoms with van der Waals surface area (Å²) in [6, 6.07) is 16.7. The van der Waals surface area contributed by atoms with E-state index in [2.05, 4.69) is 4.98 Å². The summed E-state index contributed by atoms with van der Waals surface area (Å²) in [6.07, 6.45) is 0. The van der Waals surface area contributed by atoms with Crippen LogP contribution in [0.4, 0.5) is 5.69 Å². The van der Waals surface area contributed by atoms with Gasteiger partial charge in [-0.3, -0.25) is 14.9 Å². The second-order valence-electron chi connectivity index (χ2n) is 7.03. The molecule has 31 heavy (non-hydrogen) atoms. The minimum Gasteiger partial charge on any atom is -0.486 e. The zero-order valence-corrected chi connectivity index (χ0v) is 16.8. The normalized spacial score (nSPS) is 12.7. The van der Waals surface area contributed by atoms with Crippen molar-refractivity contribution in [1.82, 2.24) is 4.98 Å². The number of hydrogen-bond donors (Lipinski definition) is 1. The lowest BCUT2D eigenvalue weighted by molar-refractivity contribution is -0.384. The van der Waals surface area contributed by atoms with E-state index in [1.165, 1.54) is 12.1 Å². The van der Waals surface area contributed by atoms with Crippen LogP contribution in [0.3, 0.4) is 0 Å². The minimum atomic E-state index is -0.479. The number of aromatic amines is 1. The molecule has 1 N–H and O–H groups in total. The van der Waals surface area contributed by atoms with Crippen LogP contribution in [0.25, 0.3) is 33.2 Å². The molecule has 5 rings (SSSR count). The summed E-state index contributed by atoms with van der Waals surface area (Å²) in [5.41, 5.74) is 2.38. The second kappa shape index (κ2) is 7.45. The van der Waals surface area contributed by atoms with Crippen molar-refractivity contribution in [3.05, 3.63) is 86.2 Å². The van der Waals surface area contributed by atoms with Crippen molar-refractivity contribution >= 4 is 28.2 Å². The third kappa shape index (κ3) is 3.29. The SMILES string of the molecule is O=c1[nH]c2cc3c(cc2c(-c2ccccc2Cl)c1-c1ccc([N+](=O)[O-])cc1)OCCO3. The van der Waals surface area contributed by atoms with Crippen LogP contribution in [0.5, 0.6) is 11.5 Å². The van der Waals surface area contributed by atoms with E-state index in [4.69, 9.17) is 21.1 Å². The van der Waals surface area contributed by atoms with E-state index < -0.39 is 4.92 Å². The molecule has 0 radical (unpaired) electrons. The molecule has 8 heteroatoms. The first-order valence-corrected chi connectivity index (χ1v) is 9.90. The van der Waals surface area contributed by atoms with E-state index in [9.17, 15) is 14.9 Å². The zero-order valence-electron chi connectivity index (χ0n) is 16.1. The number of non-ortho nitro benzene ring substituents is 1. The summed E-state index contributed by atoms with van der Waals surface area (Å²) in [4.78, 5) is 26.7. The van der Waals surface area contributed by atoms with Gasteiger partial charge in [0.2, 0.25) is 0 Å². The van der Waals surface area contributed by atoms with Crippen LogP contribution >= 0.6 is 11.6 Å². The van der Waals surface area contributed by atoms with Crippen LogP contribution in [0, 0.1) is 10.1 Å². The fraction of sp³-hybridized carbons (Fsp3) is 0.0870. The van der Waals surface area contributed by atoms with Crippen molar-refractivity contribution in [2.75, 3.05) is 13.2 Å². The van der Waals surface area contributed by atoms with E-state index in [1.807, 2.05) is 24.3 Å². The molecule has 1 aromatic heterocycles. The number of hydrogen-bond acceptors (Lipinski definition) is 5. The molecule has 1 aliphatic rings. The number of nitrogens with zero attached hydrogens (tertiary/aromatic N) is 1. The summed E-state index contributed by atoms with van der Waals surface area (Å²) in [5, 5.41) is 12.3. The summed E-state index contributed by atoms with van der Waals surface area (Å²) >= 11 is 6.52. The lowest BCUT2D eigenvalue weighted by Gasteiger charge is -2.21. The fourth-order valence-electron chi connectivity index (χ4n) is 3.80. The zero-order chi connectivity index (χ0) is 21.5. The van der Waals surface area contributed by atoms with E-state index in [1.54, 1.807) is 24.3 Å². The molecule has 0 saturated heterocycles. The molecule has 0 spiro atoms. The van der Waals surface area contributed by atoms with Gasteiger partial charge in [0.05, 0.1) is 16.0 Å². The molecular weight excluding hydrogens is 420 g/mol. The first-order chi connectivity index (χ1) is 15.0. The van der Waals surface area contributed by atoms with Crippen LogP contribution < -0.4 is 15.0 Å². The van der Waals surface area contributed by atoms with Gasteiger partial charge in [-0.05, 0) is 29.8 Å². The average Bonchev–Trinajstić information content (AvgIpc) is 2.77. The van der Waals surface area contributed by atoms with Crippen molar-refractivity contribution in [3.8, 4) is 33.8 Å². The maximum atomic E-state index is 13.2. The minimum absolute atomic E-state index is 0.0557. The quantitative estimate of drug-likeness (QED) is 0.353. The number of nitrogens with one attached hydrogen (secondary N) is 1. The molecule has 7 nitrogen and oxygen atoms in total. The largest absolute Gasteiger partial charge is 0.486 e. The molecule has 1 aliphatic heterocycles. The highest BCUT2D eigenvalue weighted by Crippen LogP contribution is 2.42. The maximum Gasteiger partial charge on any atom is 0.269 e. The Morgan fingerprint density at radius 3 is 2.29 bits per heavy atom. The number of rotatable bonds is 3. The molecule has 0 bridgehead atoms. The van der Waals surface area contributed by atoms with Gasteiger partial charge < -0.3 is 14.5 Å². The first kappa shape index (κ1) is 19.1. The highest BCUT2D eigenvalue weighted by molar-refractivity contribution is 6.34. The van der Waals surface area contributed by atoms with Crippen molar-refractivity contribution < 1.29 is 14.4 Å². The van der Waals surface area contributed by atoms with Gasteiger partial charge in [-0.15, -0.1) is 0 Å². The maximum absolute atomic E-state index is 13.2. The van der Waals surface area contributed by atoms with Gasteiger partial charge in [0.15, 0.2) is 11.5 Å². The molecular formula is C23H15ClN2O5. The number of pyridine rings is 1. The van der Waals surface area contributed by atoms with Gasteiger partial charge in [-0.1, -0.05) is 29.8 Å². The fourth-order valence-corrected chi connectivity index (χ4v) is 4.03. The number of nitro benzene ring substituents is 1.